The van der Waals surface area contributed by atoms with E-state index in [1.54, 1.807) is 0 Å². The van der Waals surface area contributed by atoms with E-state index in [4.69, 9.17) is 0 Å². The predicted molar refractivity (Wildman–Crippen MR) is 123 cm³/mol. The third-order valence-corrected chi connectivity index (χ3v) is 5.22. The van der Waals surface area contributed by atoms with Gasteiger partial charge in [0.15, 0.2) is 0 Å². The molecular weight excluding hydrogens is 372 g/mol. The Morgan fingerprint density at radius 2 is 0.900 bits per heavy atom. The van der Waals surface area contributed by atoms with E-state index >= 15 is 0 Å². The molecule has 0 aliphatic rings. The van der Waals surface area contributed by atoms with Gasteiger partial charge < -0.3 is 10.6 Å². The van der Waals surface area contributed by atoms with Gasteiger partial charge in [0.1, 0.15) is 0 Å². The fourth-order valence-electron chi connectivity index (χ4n) is 3.44. The van der Waals surface area contributed by atoms with Crippen LogP contribution in [-0.4, -0.2) is 24.9 Å². The maximum Gasteiger partial charge on any atom is 0.220 e. The van der Waals surface area contributed by atoms with Crippen LogP contribution in [-0.2, 0) is 22.4 Å². The second-order valence-corrected chi connectivity index (χ2v) is 7.79. The quantitative estimate of drug-likeness (QED) is 0.415. The van der Waals surface area contributed by atoms with Crippen molar-refractivity contribution >= 4 is 11.8 Å². The molecule has 2 amide bonds. The Labute approximate surface area is 181 Å². The van der Waals surface area contributed by atoms with Gasteiger partial charge in [0, 0.05) is 25.9 Å². The minimum Gasteiger partial charge on any atom is -0.356 e. The number of rotatable bonds is 15. The van der Waals surface area contributed by atoms with Crippen molar-refractivity contribution in [2.75, 3.05) is 13.1 Å². The molecule has 0 saturated heterocycles. The average molecular weight is 409 g/mol. The summed E-state index contributed by atoms with van der Waals surface area (Å²) in [5.74, 6) is 0.302. The van der Waals surface area contributed by atoms with Gasteiger partial charge in [-0.15, -0.1) is 0 Å². The van der Waals surface area contributed by atoms with Crippen LogP contribution < -0.4 is 10.6 Å². The molecular formula is C26H36N2O2. The zero-order valence-corrected chi connectivity index (χ0v) is 18.1. The third-order valence-electron chi connectivity index (χ3n) is 5.22. The van der Waals surface area contributed by atoms with E-state index in [2.05, 4.69) is 34.9 Å². The van der Waals surface area contributed by atoms with Gasteiger partial charge in [-0.05, 0) is 36.8 Å². The van der Waals surface area contributed by atoms with E-state index in [-0.39, 0.29) is 11.8 Å². The van der Waals surface area contributed by atoms with Gasteiger partial charge in [-0.1, -0.05) is 86.3 Å². The van der Waals surface area contributed by atoms with Crippen LogP contribution in [0.3, 0.4) is 0 Å². The molecule has 4 nitrogen and oxygen atoms in total. The molecule has 0 aromatic heterocycles. The molecule has 2 N–H and O–H groups in total. The Hall–Kier alpha value is -2.62. The highest BCUT2D eigenvalue weighted by molar-refractivity contribution is 5.76. The van der Waals surface area contributed by atoms with Crippen molar-refractivity contribution in [3.8, 4) is 0 Å². The summed E-state index contributed by atoms with van der Waals surface area (Å²) in [7, 11) is 0. The summed E-state index contributed by atoms with van der Waals surface area (Å²) in [5, 5.41) is 6.00. The SMILES string of the molecule is O=C(CCCCCCCCC(=O)NCCc1ccccc1)NCCc1ccccc1. The average Bonchev–Trinajstić information content (AvgIpc) is 2.77. The lowest BCUT2D eigenvalue weighted by Gasteiger charge is -2.06. The van der Waals surface area contributed by atoms with Gasteiger partial charge in [0.05, 0.1) is 0 Å². The van der Waals surface area contributed by atoms with Crippen molar-refractivity contribution in [2.45, 2.75) is 64.2 Å². The number of carbonyl (C=O) groups excluding carboxylic acids is 2. The molecule has 162 valence electrons. The summed E-state index contributed by atoms with van der Waals surface area (Å²) >= 11 is 0. The van der Waals surface area contributed by atoms with E-state index < -0.39 is 0 Å². The molecule has 0 bridgehead atoms. The molecule has 0 fully saturated rings. The van der Waals surface area contributed by atoms with Crippen molar-refractivity contribution < 1.29 is 9.59 Å². The molecule has 0 spiro atoms. The van der Waals surface area contributed by atoms with E-state index in [9.17, 15) is 9.59 Å². The highest BCUT2D eigenvalue weighted by Crippen LogP contribution is 2.09. The van der Waals surface area contributed by atoms with Crippen LogP contribution in [0, 0.1) is 0 Å². The minimum atomic E-state index is 0.151. The standard InChI is InChI=1S/C26H36N2O2/c29-25(27-21-19-23-13-7-5-8-14-23)17-11-3-1-2-4-12-18-26(30)28-22-20-24-15-9-6-10-16-24/h5-10,13-16H,1-4,11-12,17-22H2,(H,27,29)(H,28,30). The molecule has 0 atom stereocenters. The molecule has 2 aromatic carbocycles. The largest absolute Gasteiger partial charge is 0.356 e. The van der Waals surface area contributed by atoms with Crippen LogP contribution in [0.5, 0.6) is 0 Å². The number of unbranched alkanes of at least 4 members (excludes halogenated alkanes) is 5. The first kappa shape index (κ1) is 23.7. The van der Waals surface area contributed by atoms with Crippen LogP contribution in [0.25, 0.3) is 0 Å². The highest BCUT2D eigenvalue weighted by Gasteiger charge is 2.03. The van der Waals surface area contributed by atoms with Gasteiger partial charge in [0.25, 0.3) is 0 Å². The normalized spacial score (nSPS) is 10.5. The molecule has 0 radical (unpaired) electrons. The van der Waals surface area contributed by atoms with Gasteiger partial charge >= 0.3 is 0 Å². The molecule has 4 heteroatoms. The number of hydrogen-bond donors (Lipinski definition) is 2. The van der Waals surface area contributed by atoms with Gasteiger partial charge in [0.2, 0.25) is 11.8 Å². The number of nitrogens with one attached hydrogen (secondary N) is 2. The molecule has 2 aromatic rings. The Kier molecular flexibility index (Phi) is 12.0. The topological polar surface area (TPSA) is 58.2 Å². The van der Waals surface area contributed by atoms with Crippen LogP contribution >= 0.6 is 0 Å². The molecule has 0 aliphatic carbocycles. The lowest BCUT2D eigenvalue weighted by molar-refractivity contribution is -0.122. The zero-order valence-electron chi connectivity index (χ0n) is 18.1. The zero-order chi connectivity index (χ0) is 21.3. The maximum atomic E-state index is 11.9. The third kappa shape index (κ3) is 11.4. The van der Waals surface area contributed by atoms with E-state index in [0.717, 1.165) is 51.4 Å². The highest BCUT2D eigenvalue weighted by atomic mass is 16.2. The monoisotopic (exact) mass is 408 g/mol. The predicted octanol–water partition coefficient (Wildman–Crippen LogP) is 4.83. The second-order valence-electron chi connectivity index (χ2n) is 7.79. The summed E-state index contributed by atoms with van der Waals surface area (Å²) in [6, 6.07) is 20.4. The molecule has 0 unspecified atom stereocenters. The van der Waals surface area contributed by atoms with Crippen LogP contribution in [0.2, 0.25) is 0 Å². The summed E-state index contributed by atoms with van der Waals surface area (Å²) < 4.78 is 0. The lowest BCUT2D eigenvalue weighted by Crippen LogP contribution is -2.25. The fourth-order valence-corrected chi connectivity index (χ4v) is 3.44. The van der Waals surface area contributed by atoms with Crippen molar-refractivity contribution in [1.29, 1.82) is 0 Å². The van der Waals surface area contributed by atoms with Crippen molar-refractivity contribution in [3.05, 3.63) is 71.8 Å². The van der Waals surface area contributed by atoms with E-state index in [0.29, 0.717) is 25.9 Å². The summed E-state index contributed by atoms with van der Waals surface area (Å²) in [6.45, 7) is 1.41. The van der Waals surface area contributed by atoms with E-state index in [1.165, 1.54) is 11.1 Å². The Morgan fingerprint density at radius 3 is 1.30 bits per heavy atom. The maximum absolute atomic E-state index is 11.9. The first-order valence-electron chi connectivity index (χ1n) is 11.4. The summed E-state index contributed by atoms with van der Waals surface area (Å²) in [5.41, 5.74) is 2.50. The number of amides is 2. The molecule has 0 aliphatic heterocycles. The van der Waals surface area contributed by atoms with Crippen LogP contribution in [0.4, 0.5) is 0 Å². The first-order valence-corrected chi connectivity index (χ1v) is 11.4. The van der Waals surface area contributed by atoms with Crippen LogP contribution in [0.1, 0.15) is 62.5 Å². The Bertz CT molecular complexity index is 653. The molecule has 0 saturated carbocycles. The first-order chi connectivity index (χ1) is 14.7. The van der Waals surface area contributed by atoms with Gasteiger partial charge in [-0.25, -0.2) is 0 Å². The second kappa shape index (κ2) is 15.3. The van der Waals surface area contributed by atoms with Crippen molar-refractivity contribution in [2.24, 2.45) is 0 Å². The molecule has 2 rings (SSSR count). The van der Waals surface area contributed by atoms with Gasteiger partial charge in [-0.2, -0.15) is 0 Å². The Morgan fingerprint density at radius 1 is 0.533 bits per heavy atom. The van der Waals surface area contributed by atoms with E-state index in [1.807, 2.05) is 36.4 Å². The summed E-state index contributed by atoms with van der Waals surface area (Å²) in [4.78, 5) is 23.7. The molecule has 0 heterocycles. The Balaban J connectivity index is 1.35. The number of carbonyl (C=O) groups is 2. The fraction of sp³-hybridized carbons (Fsp3) is 0.462. The number of benzene rings is 2. The molecule has 30 heavy (non-hydrogen) atoms. The van der Waals surface area contributed by atoms with Crippen molar-refractivity contribution in [1.82, 2.24) is 10.6 Å². The summed E-state index contributed by atoms with van der Waals surface area (Å²) in [6.07, 6.45) is 9.29. The smallest absolute Gasteiger partial charge is 0.220 e. The van der Waals surface area contributed by atoms with Crippen molar-refractivity contribution in [3.63, 3.8) is 0 Å². The number of hydrogen-bond acceptors (Lipinski definition) is 2. The lowest BCUT2D eigenvalue weighted by atomic mass is 10.1. The van der Waals surface area contributed by atoms with Crippen LogP contribution in [0.15, 0.2) is 60.7 Å². The van der Waals surface area contributed by atoms with Gasteiger partial charge in [-0.3, -0.25) is 9.59 Å². The minimum absolute atomic E-state index is 0.151.